The van der Waals surface area contributed by atoms with Crippen molar-refractivity contribution in [2.24, 2.45) is 5.14 Å². The van der Waals surface area contributed by atoms with E-state index in [9.17, 15) is 18.0 Å². The normalized spacial score (nSPS) is 12.6. The molecule has 6 nitrogen and oxygen atoms in total. The number of thiophene rings is 1. The highest BCUT2D eigenvalue weighted by molar-refractivity contribution is 7.89. The second-order valence-electron chi connectivity index (χ2n) is 6.15. The van der Waals surface area contributed by atoms with Crippen LogP contribution in [0.1, 0.15) is 51.5 Å². The van der Waals surface area contributed by atoms with Gasteiger partial charge in [0.1, 0.15) is 0 Å². The van der Waals surface area contributed by atoms with Crippen LogP contribution in [0, 0.1) is 13.8 Å². The molecule has 0 aliphatic heterocycles. The van der Waals surface area contributed by atoms with Gasteiger partial charge in [0.2, 0.25) is 15.9 Å². The van der Waals surface area contributed by atoms with E-state index in [2.05, 4.69) is 5.32 Å². The fourth-order valence-corrected chi connectivity index (χ4v) is 4.07. The summed E-state index contributed by atoms with van der Waals surface area (Å²) in [6.45, 7) is 5.64. The number of aryl methyl sites for hydroxylation is 2. The molecule has 0 radical (unpaired) electrons. The van der Waals surface area contributed by atoms with Gasteiger partial charge < -0.3 is 5.32 Å². The highest BCUT2D eigenvalue weighted by Crippen LogP contribution is 2.22. The van der Waals surface area contributed by atoms with E-state index in [0.717, 1.165) is 15.3 Å². The molecule has 0 saturated carbocycles. The van der Waals surface area contributed by atoms with Crippen LogP contribution < -0.4 is 10.5 Å². The topological polar surface area (TPSA) is 106 Å². The average Bonchev–Trinajstić information content (AvgIpc) is 2.90. The molecule has 0 bridgehead atoms. The van der Waals surface area contributed by atoms with Gasteiger partial charge in [-0.25, -0.2) is 13.6 Å². The van der Waals surface area contributed by atoms with Crippen LogP contribution in [-0.4, -0.2) is 20.1 Å². The van der Waals surface area contributed by atoms with Crippen LogP contribution in [0.2, 0.25) is 0 Å². The molecule has 0 unspecified atom stereocenters. The molecule has 1 aromatic heterocycles. The molecule has 2 aromatic rings. The van der Waals surface area contributed by atoms with Crippen molar-refractivity contribution in [3.05, 3.63) is 51.2 Å². The molecule has 1 amide bonds. The summed E-state index contributed by atoms with van der Waals surface area (Å²) in [6, 6.07) is 7.56. The number of benzene rings is 1. The van der Waals surface area contributed by atoms with E-state index in [4.69, 9.17) is 5.14 Å². The van der Waals surface area contributed by atoms with Gasteiger partial charge in [0.05, 0.1) is 10.9 Å². The van der Waals surface area contributed by atoms with Crippen molar-refractivity contribution in [3.63, 3.8) is 0 Å². The SMILES string of the molecule is Cc1cc(C(=O)CCC(=O)N[C@@H](C)c2ccc(S(N)(=O)=O)cc2)c(C)s1. The molecule has 1 atom stereocenters. The van der Waals surface area contributed by atoms with Gasteiger partial charge in [-0.1, -0.05) is 12.1 Å². The van der Waals surface area contributed by atoms with Gasteiger partial charge in [-0.05, 0) is 44.5 Å². The molecule has 0 fully saturated rings. The van der Waals surface area contributed by atoms with Crippen molar-refractivity contribution in [1.29, 1.82) is 0 Å². The Balaban J connectivity index is 1.91. The number of rotatable bonds is 7. The highest BCUT2D eigenvalue weighted by Gasteiger charge is 2.16. The molecule has 8 heteroatoms. The second kappa shape index (κ2) is 8.11. The van der Waals surface area contributed by atoms with E-state index >= 15 is 0 Å². The number of carbonyl (C=O) groups is 2. The quantitative estimate of drug-likeness (QED) is 0.704. The van der Waals surface area contributed by atoms with Gasteiger partial charge in [-0.15, -0.1) is 11.3 Å². The first-order valence-electron chi connectivity index (χ1n) is 8.10. The summed E-state index contributed by atoms with van der Waals surface area (Å²) in [7, 11) is -3.74. The lowest BCUT2D eigenvalue weighted by atomic mass is 10.1. The molecule has 140 valence electrons. The molecule has 0 spiro atoms. The average molecular weight is 395 g/mol. The minimum atomic E-state index is -3.74. The number of amides is 1. The third kappa shape index (κ3) is 5.23. The zero-order chi connectivity index (χ0) is 19.5. The third-order valence-corrected chi connectivity index (χ3v) is 5.90. The Hall–Kier alpha value is -2.03. The number of carbonyl (C=O) groups excluding carboxylic acids is 2. The van der Waals surface area contributed by atoms with Gasteiger partial charge in [0.15, 0.2) is 5.78 Å². The van der Waals surface area contributed by atoms with Gasteiger partial charge >= 0.3 is 0 Å². The maximum Gasteiger partial charge on any atom is 0.238 e. The Morgan fingerprint density at radius 1 is 1.15 bits per heavy atom. The number of nitrogens with one attached hydrogen (secondary N) is 1. The Morgan fingerprint density at radius 2 is 1.77 bits per heavy atom. The van der Waals surface area contributed by atoms with E-state index in [0.29, 0.717) is 5.56 Å². The third-order valence-electron chi connectivity index (χ3n) is 4.01. The summed E-state index contributed by atoms with van der Waals surface area (Å²) >= 11 is 1.57. The van der Waals surface area contributed by atoms with Gasteiger partial charge in [-0.2, -0.15) is 0 Å². The smallest absolute Gasteiger partial charge is 0.238 e. The van der Waals surface area contributed by atoms with Gasteiger partial charge in [0, 0.05) is 28.2 Å². The number of sulfonamides is 1. The highest BCUT2D eigenvalue weighted by atomic mass is 32.2. The largest absolute Gasteiger partial charge is 0.350 e. The Labute approximate surface area is 157 Å². The number of nitrogens with two attached hydrogens (primary N) is 1. The Bertz CT molecular complexity index is 915. The van der Waals surface area contributed by atoms with Gasteiger partial charge in [-0.3, -0.25) is 9.59 Å². The van der Waals surface area contributed by atoms with Crippen LogP contribution in [-0.2, 0) is 14.8 Å². The molecule has 1 aromatic carbocycles. The van der Waals surface area contributed by atoms with Crippen LogP contribution in [0.4, 0.5) is 0 Å². The maximum atomic E-state index is 12.2. The first kappa shape index (κ1) is 20.3. The van der Waals surface area contributed by atoms with Crippen LogP contribution in [0.25, 0.3) is 0 Å². The van der Waals surface area contributed by atoms with Crippen molar-refractivity contribution in [2.75, 3.05) is 0 Å². The summed E-state index contributed by atoms with van der Waals surface area (Å²) in [5.74, 6) is -0.266. The van der Waals surface area contributed by atoms with E-state index in [-0.39, 0.29) is 35.5 Å². The summed E-state index contributed by atoms with van der Waals surface area (Å²) in [5, 5.41) is 7.87. The second-order valence-corrected chi connectivity index (χ2v) is 9.18. The number of primary sulfonamides is 1. The molecule has 2 rings (SSSR count). The number of Topliss-reactive ketones (excluding diaryl/α,β-unsaturated/α-hetero) is 1. The standard InChI is InChI=1S/C18H22N2O4S2/c1-11-10-16(13(3)25-11)17(21)8-9-18(22)20-12(2)14-4-6-15(7-5-14)26(19,23)24/h4-7,10,12H,8-9H2,1-3H3,(H,20,22)(H2,19,23,24)/t12-/m0/s1. The number of ketones is 1. The molecule has 1 heterocycles. The van der Waals surface area contributed by atoms with Crippen LogP contribution in [0.15, 0.2) is 35.2 Å². The fourth-order valence-electron chi connectivity index (χ4n) is 2.61. The number of hydrogen-bond acceptors (Lipinski definition) is 5. The molecule has 0 saturated heterocycles. The van der Waals surface area contributed by atoms with Crippen LogP contribution >= 0.6 is 11.3 Å². The fraction of sp³-hybridized carbons (Fsp3) is 0.333. The zero-order valence-electron chi connectivity index (χ0n) is 14.9. The monoisotopic (exact) mass is 394 g/mol. The van der Waals surface area contributed by atoms with Crippen molar-refractivity contribution in [1.82, 2.24) is 5.32 Å². The van der Waals surface area contributed by atoms with Crippen LogP contribution in [0.5, 0.6) is 0 Å². The Kier molecular flexibility index (Phi) is 6.33. The summed E-state index contributed by atoms with van der Waals surface area (Å²) in [4.78, 5) is 26.4. The van der Waals surface area contributed by atoms with Crippen molar-refractivity contribution in [3.8, 4) is 0 Å². The lowest BCUT2D eigenvalue weighted by Gasteiger charge is -2.14. The predicted octanol–water partition coefficient (Wildman–Crippen LogP) is 2.85. The summed E-state index contributed by atoms with van der Waals surface area (Å²) in [6.07, 6.45) is 0.257. The van der Waals surface area contributed by atoms with Crippen LogP contribution in [0.3, 0.4) is 0 Å². The molecular formula is C18H22N2O4S2. The minimum Gasteiger partial charge on any atom is -0.350 e. The first-order chi connectivity index (χ1) is 12.1. The molecule has 0 aliphatic rings. The maximum absolute atomic E-state index is 12.2. The predicted molar refractivity (Wildman–Crippen MR) is 102 cm³/mol. The molecular weight excluding hydrogens is 372 g/mol. The Morgan fingerprint density at radius 3 is 2.27 bits per heavy atom. The zero-order valence-corrected chi connectivity index (χ0v) is 16.5. The number of hydrogen-bond donors (Lipinski definition) is 2. The minimum absolute atomic E-state index is 0.0202. The van der Waals surface area contributed by atoms with Crippen molar-refractivity contribution < 1.29 is 18.0 Å². The lowest BCUT2D eigenvalue weighted by molar-refractivity contribution is -0.121. The van der Waals surface area contributed by atoms with E-state index < -0.39 is 10.0 Å². The molecule has 3 N–H and O–H groups in total. The first-order valence-corrected chi connectivity index (χ1v) is 10.5. The van der Waals surface area contributed by atoms with Gasteiger partial charge in [0.25, 0.3) is 0 Å². The summed E-state index contributed by atoms with van der Waals surface area (Å²) < 4.78 is 22.5. The van der Waals surface area contributed by atoms with E-state index in [1.165, 1.54) is 12.1 Å². The van der Waals surface area contributed by atoms with Crippen molar-refractivity contribution in [2.45, 2.75) is 44.6 Å². The molecule has 26 heavy (non-hydrogen) atoms. The van der Waals surface area contributed by atoms with E-state index in [1.807, 2.05) is 19.9 Å². The van der Waals surface area contributed by atoms with Crippen molar-refractivity contribution >= 4 is 33.1 Å². The lowest BCUT2D eigenvalue weighted by Crippen LogP contribution is -2.27. The van der Waals surface area contributed by atoms with E-state index in [1.54, 1.807) is 30.4 Å². The summed E-state index contributed by atoms with van der Waals surface area (Å²) in [5.41, 5.74) is 1.44. The molecule has 0 aliphatic carbocycles.